The van der Waals surface area contributed by atoms with Crippen molar-refractivity contribution in [2.75, 3.05) is 13.1 Å². The van der Waals surface area contributed by atoms with Crippen molar-refractivity contribution in [3.8, 4) is 0 Å². The summed E-state index contributed by atoms with van der Waals surface area (Å²) in [5.74, 6) is 0.285. The SMILES string of the molecule is Cc1ncc(C(=O)N2CCC([C@H](O)c3ccccc3)CC2)s1. The first-order valence-electron chi connectivity index (χ1n) is 7.60. The van der Waals surface area contributed by atoms with E-state index in [0.29, 0.717) is 18.0 Å². The second-order valence-corrected chi connectivity index (χ2v) is 6.96. The molecular weight excluding hydrogens is 296 g/mol. The van der Waals surface area contributed by atoms with Gasteiger partial charge in [0.1, 0.15) is 4.88 Å². The largest absolute Gasteiger partial charge is 0.388 e. The minimum Gasteiger partial charge on any atom is -0.388 e. The van der Waals surface area contributed by atoms with Crippen molar-refractivity contribution in [3.63, 3.8) is 0 Å². The topological polar surface area (TPSA) is 53.4 Å². The Morgan fingerprint density at radius 1 is 1.32 bits per heavy atom. The van der Waals surface area contributed by atoms with Crippen LogP contribution in [-0.2, 0) is 0 Å². The predicted octanol–water partition coefficient (Wildman–Crippen LogP) is 3.04. The summed E-state index contributed by atoms with van der Waals surface area (Å²) in [5.41, 5.74) is 0.963. The van der Waals surface area contributed by atoms with Gasteiger partial charge < -0.3 is 10.0 Å². The Morgan fingerprint density at radius 2 is 2.00 bits per heavy atom. The van der Waals surface area contributed by atoms with Crippen molar-refractivity contribution in [2.45, 2.75) is 25.9 Å². The zero-order valence-electron chi connectivity index (χ0n) is 12.6. The number of aromatic nitrogens is 1. The molecule has 4 nitrogen and oxygen atoms in total. The molecule has 22 heavy (non-hydrogen) atoms. The number of rotatable bonds is 3. The third-order valence-corrected chi connectivity index (χ3v) is 5.15. The van der Waals surface area contributed by atoms with Gasteiger partial charge in [-0.1, -0.05) is 30.3 Å². The summed E-state index contributed by atoms with van der Waals surface area (Å²) in [6.45, 7) is 3.30. The van der Waals surface area contributed by atoms with Crippen LogP contribution < -0.4 is 0 Å². The van der Waals surface area contributed by atoms with Gasteiger partial charge in [0.2, 0.25) is 0 Å². The molecule has 1 aliphatic rings. The standard InChI is InChI=1S/C17H20N2O2S/c1-12-18-11-15(22-12)17(21)19-9-7-14(8-10-19)16(20)13-5-3-2-4-6-13/h2-6,11,14,16,20H,7-10H2,1H3/t16-/m1/s1. The maximum atomic E-state index is 12.4. The molecule has 1 atom stereocenters. The Bertz CT molecular complexity index is 633. The summed E-state index contributed by atoms with van der Waals surface area (Å²) in [6, 6.07) is 9.77. The van der Waals surface area contributed by atoms with Crippen LogP contribution in [0, 0.1) is 12.8 Å². The molecule has 0 saturated carbocycles. The smallest absolute Gasteiger partial charge is 0.265 e. The van der Waals surface area contributed by atoms with E-state index in [9.17, 15) is 9.90 Å². The van der Waals surface area contributed by atoms with Crippen LogP contribution >= 0.6 is 11.3 Å². The number of carbonyl (C=O) groups is 1. The summed E-state index contributed by atoms with van der Waals surface area (Å²) in [7, 11) is 0. The van der Waals surface area contributed by atoms with Crippen LogP contribution in [0.5, 0.6) is 0 Å². The lowest BCUT2D eigenvalue weighted by Crippen LogP contribution is -2.39. The van der Waals surface area contributed by atoms with E-state index in [1.165, 1.54) is 11.3 Å². The minimum absolute atomic E-state index is 0.0678. The number of nitrogens with zero attached hydrogens (tertiary/aromatic N) is 2. The van der Waals surface area contributed by atoms with Crippen molar-refractivity contribution in [3.05, 3.63) is 52.0 Å². The van der Waals surface area contributed by atoms with Crippen molar-refractivity contribution in [2.24, 2.45) is 5.92 Å². The molecule has 2 heterocycles. The highest BCUT2D eigenvalue weighted by atomic mass is 32.1. The van der Waals surface area contributed by atoms with Crippen LogP contribution in [-0.4, -0.2) is 34.0 Å². The van der Waals surface area contributed by atoms with Crippen molar-refractivity contribution < 1.29 is 9.90 Å². The molecule has 1 aromatic carbocycles. The normalized spacial score (nSPS) is 17.5. The molecule has 1 N–H and O–H groups in total. The van der Waals surface area contributed by atoms with E-state index >= 15 is 0 Å². The van der Waals surface area contributed by atoms with Crippen molar-refractivity contribution in [1.82, 2.24) is 9.88 Å². The quantitative estimate of drug-likeness (QED) is 0.947. The number of amides is 1. The van der Waals surface area contributed by atoms with Gasteiger partial charge in [-0.3, -0.25) is 4.79 Å². The number of carbonyl (C=O) groups excluding carboxylic acids is 1. The van der Waals surface area contributed by atoms with Gasteiger partial charge in [-0.15, -0.1) is 11.3 Å². The molecule has 116 valence electrons. The van der Waals surface area contributed by atoms with Gasteiger partial charge in [-0.05, 0) is 31.2 Å². The van der Waals surface area contributed by atoms with E-state index in [0.717, 1.165) is 23.4 Å². The first kappa shape index (κ1) is 15.2. The number of aryl methyl sites for hydroxylation is 1. The van der Waals surface area contributed by atoms with Crippen LogP contribution in [0.2, 0.25) is 0 Å². The van der Waals surface area contributed by atoms with Gasteiger partial charge in [0.25, 0.3) is 5.91 Å². The molecule has 1 fully saturated rings. The van der Waals surface area contributed by atoms with Gasteiger partial charge in [0.05, 0.1) is 17.3 Å². The van der Waals surface area contributed by atoms with Gasteiger partial charge in [-0.25, -0.2) is 4.98 Å². The summed E-state index contributed by atoms with van der Waals surface area (Å²) >= 11 is 1.44. The third-order valence-electron chi connectivity index (χ3n) is 4.25. The van der Waals surface area contributed by atoms with Crippen LogP contribution in [0.1, 0.15) is 39.2 Å². The molecule has 0 spiro atoms. The van der Waals surface area contributed by atoms with Crippen molar-refractivity contribution in [1.29, 1.82) is 0 Å². The highest BCUT2D eigenvalue weighted by molar-refractivity contribution is 7.13. The number of hydrogen-bond acceptors (Lipinski definition) is 4. The Balaban J connectivity index is 1.59. The maximum Gasteiger partial charge on any atom is 0.265 e. The zero-order valence-corrected chi connectivity index (χ0v) is 13.4. The second kappa shape index (κ2) is 6.58. The molecule has 1 aromatic heterocycles. The van der Waals surface area contributed by atoms with E-state index < -0.39 is 6.10 Å². The lowest BCUT2D eigenvalue weighted by atomic mass is 9.87. The monoisotopic (exact) mass is 316 g/mol. The molecule has 5 heteroatoms. The van der Waals surface area contributed by atoms with Crippen LogP contribution in [0.15, 0.2) is 36.5 Å². The minimum atomic E-state index is -0.441. The third kappa shape index (κ3) is 3.20. The number of likely N-dealkylation sites (tertiary alicyclic amines) is 1. The van der Waals surface area contributed by atoms with Crippen molar-refractivity contribution >= 4 is 17.2 Å². The summed E-state index contributed by atoms with van der Waals surface area (Å²) in [6.07, 6.45) is 2.89. The zero-order chi connectivity index (χ0) is 15.5. The van der Waals surface area contributed by atoms with E-state index in [4.69, 9.17) is 0 Å². The number of thiazole rings is 1. The Labute approximate surface area is 134 Å². The molecule has 2 aromatic rings. The van der Waals surface area contributed by atoms with Crippen LogP contribution in [0.25, 0.3) is 0 Å². The Hall–Kier alpha value is -1.72. The average Bonchev–Trinajstić information content (AvgIpc) is 3.01. The number of piperidine rings is 1. The fourth-order valence-corrected chi connectivity index (χ4v) is 3.70. The van der Waals surface area contributed by atoms with Gasteiger partial charge in [0.15, 0.2) is 0 Å². The number of benzene rings is 1. The Morgan fingerprint density at radius 3 is 2.59 bits per heavy atom. The molecule has 3 rings (SSSR count). The molecular formula is C17H20N2O2S. The molecule has 1 saturated heterocycles. The molecule has 0 radical (unpaired) electrons. The first-order chi connectivity index (χ1) is 10.6. The first-order valence-corrected chi connectivity index (χ1v) is 8.41. The number of hydrogen-bond donors (Lipinski definition) is 1. The van der Waals surface area contributed by atoms with Gasteiger partial charge in [-0.2, -0.15) is 0 Å². The van der Waals surface area contributed by atoms with E-state index in [-0.39, 0.29) is 11.8 Å². The van der Waals surface area contributed by atoms with E-state index in [1.54, 1.807) is 6.20 Å². The molecule has 1 amide bonds. The summed E-state index contributed by atoms with van der Waals surface area (Å²) < 4.78 is 0. The molecule has 1 aliphatic heterocycles. The van der Waals surface area contributed by atoms with Gasteiger partial charge in [0, 0.05) is 13.1 Å². The lowest BCUT2D eigenvalue weighted by Gasteiger charge is -2.34. The maximum absolute atomic E-state index is 12.4. The average molecular weight is 316 g/mol. The fraction of sp³-hybridized carbons (Fsp3) is 0.412. The lowest BCUT2D eigenvalue weighted by molar-refractivity contribution is 0.0465. The van der Waals surface area contributed by atoms with Gasteiger partial charge >= 0.3 is 0 Å². The number of aliphatic hydroxyl groups is 1. The summed E-state index contributed by atoms with van der Waals surface area (Å²) in [4.78, 5) is 19.1. The number of aliphatic hydroxyl groups excluding tert-OH is 1. The van der Waals surface area contributed by atoms with Crippen LogP contribution in [0.3, 0.4) is 0 Å². The van der Waals surface area contributed by atoms with E-state index in [2.05, 4.69) is 4.98 Å². The Kier molecular flexibility index (Phi) is 4.55. The summed E-state index contributed by atoms with van der Waals surface area (Å²) in [5, 5.41) is 11.4. The van der Waals surface area contributed by atoms with Crippen LogP contribution in [0.4, 0.5) is 0 Å². The molecule has 0 unspecified atom stereocenters. The molecule has 0 bridgehead atoms. The molecule has 0 aliphatic carbocycles. The highest BCUT2D eigenvalue weighted by Crippen LogP contribution is 2.31. The predicted molar refractivity (Wildman–Crippen MR) is 86.9 cm³/mol. The van der Waals surface area contributed by atoms with E-state index in [1.807, 2.05) is 42.2 Å². The fourth-order valence-electron chi connectivity index (χ4n) is 2.96. The highest BCUT2D eigenvalue weighted by Gasteiger charge is 2.29. The second-order valence-electron chi connectivity index (χ2n) is 5.73.